The standard InChI is InChI=1S/C11H15BrO/c1-8(2)13-9(3)10-5-4-6-11(12)7-10/h4-9H,1-3H3. The zero-order valence-corrected chi connectivity index (χ0v) is 9.84. The summed E-state index contributed by atoms with van der Waals surface area (Å²) in [5, 5.41) is 0. The van der Waals surface area contributed by atoms with Gasteiger partial charge in [0.1, 0.15) is 0 Å². The highest BCUT2D eigenvalue weighted by Crippen LogP contribution is 2.21. The highest BCUT2D eigenvalue weighted by molar-refractivity contribution is 9.10. The fourth-order valence-electron chi connectivity index (χ4n) is 1.25. The molecule has 72 valence electrons. The summed E-state index contributed by atoms with van der Waals surface area (Å²) in [6, 6.07) is 8.22. The summed E-state index contributed by atoms with van der Waals surface area (Å²) >= 11 is 3.44. The highest BCUT2D eigenvalue weighted by Gasteiger charge is 2.07. The van der Waals surface area contributed by atoms with E-state index in [0.717, 1.165) is 4.47 Å². The van der Waals surface area contributed by atoms with Crippen LogP contribution in [0, 0.1) is 0 Å². The number of hydrogen-bond donors (Lipinski definition) is 0. The van der Waals surface area contributed by atoms with Crippen LogP contribution in [0.3, 0.4) is 0 Å². The molecule has 2 heteroatoms. The summed E-state index contributed by atoms with van der Waals surface area (Å²) in [5.74, 6) is 0. The fraction of sp³-hybridized carbons (Fsp3) is 0.455. The zero-order valence-electron chi connectivity index (χ0n) is 8.25. The Kier molecular flexibility index (Phi) is 3.94. The lowest BCUT2D eigenvalue weighted by atomic mass is 10.1. The van der Waals surface area contributed by atoms with Gasteiger partial charge < -0.3 is 4.74 Å². The number of halogens is 1. The van der Waals surface area contributed by atoms with Crippen molar-refractivity contribution in [1.29, 1.82) is 0 Å². The predicted molar refractivity (Wildman–Crippen MR) is 58.8 cm³/mol. The maximum absolute atomic E-state index is 5.67. The molecule has 1 nitrogen and oxygen atoms in total. The molecule has 0 bridgehead atoms. The Morgan fingerprint density at radius 3 is 2.46 bits per heavy atom. The lowest BCUT2D eigenvalue weighted by Crippen LogP contribution is -2.07. The average molecular weight is 243 g/mol. The Labute approximate surface area is 88.2 Å². The van der Waals surface area contributed by atoms with Crippen LogP contribution in [0.1, 0.15) is 32.4 Å². The molecule has 0 aliphatic rings. The Morgan fingerprint density at radius 1 is 1.23 bits per heavy atom. The largest absolute Gasteiger partial charge is 0.371 e. The molecule has 1 aromatic rings. The van der Waals surface area contributed by atoms with Crippen molar-refractivity contribution in [2.75, 3.05) is 0 Å². The minimum Gasteiger partial charge on any atom is -0.371 e. The van der Waals surface area contributed by atoms with Gasteiger partial charge in [0.25, 0.3) is 0 Å². The van der Waals surface area contributed by atoms with Crippen molar-refractivity contribution in [1.82, 2.24) is 0 Å². The van der Waals surface area contributed by atoms with Gasteiger partial charge in [0.05, 0.1) is 12.2 Å². The van der Waals surface area contributed by atoms with Gasteiger partial charge in [-0.25, -0.2) is 0 Å². The Hall–Kier alpha value is -0.340. The quantitative estimate of drug-likeness (QED) is 0.781. The Bertz CT molecular complexity index is 271. The molecule has 0 heterocycles. The van der Waals surface area contributed by atoms with Gasteiger partial charge >= 0.3 is 0 Å². The molecule has 0 fully saturated rings. The van der Waals surface area contributed by atoms with Crippen LogP contribution in [0.25, 0.3) is 0 Å². The van der Waals surface area contributed by atoms with Crippen molar-refractivity contribution in [2.24, 2.45) is 0 Å². The maximum Gasteiger partial charge on any atom is 0.0800 e. The van der Waals surface area contributed by atoms with Crippen molar-refractivity contribution >= 4 is 15.9 Å². The number of benzene rings is 1. The summed E-state index contributed by atoms with van der Waals surface area (Å²) in [4.78, 5) is 0. The number of rotatable bonds is 3. The Balaban J connectivity index is 2.71. The molecule has 0 N–H and O–H groups in total. The third-order valence-electron chi connectivity index (χ3n) is 1.79. The van der Waals surface area contributed by atoms with Gasteiger partial charge in [0.2, 0.25) is 0 Å². The van der Waals surface area contributed by atoms with E-state index in [9.17, 15) is 0 Å². The molecule has 1 atom stereocenters. The van der Waals surface area contributed by atoms with E-state index in [4.69, 9.17) is 4.74 Å². The van der Waals surface area contributed by atoms with E-state index in [1.165, 1.54) is 5.56 Å². The maximum atomic E-state index is 5.67. The van der Waals surface area contributed by atoms with Crippen LogP contribution in [-0.4, -0.2) is 6.10 Å². The van der Waals surface area contributed by atoms with Crippen molar-refractivity contribution < 1.29 is 4.74 Å². The second-order valence-corrected chi connectivity index (χ2v) is 4.30. The van der Waals surface area contributed by atoms with Crippen molar-refractivity contribution in [3.05, 3.63) is 34.3 Å². The molecule has 1 aromatic carbocycles. The van der Waals surface area contributed by atoms with Crippen LogP contribution in [0.2, 0.25) is 0 Å². The summed E-state index contributed by atoms with van der Waals surface area (Å²) in [6.45, 7) is 6.17. The lowest BCUT2D eigenvalue weighted by molar-refractivity contribution is 0.0178. The molecule has 0 aromatic heterocycles. The van der Waals surface area contributed by atoms with E-state index in [1.807, 2.05) is 12.1 Å². The highest BCUT2D eigenvalue weighted by atomic mass is 79.9. The molecular formula is C11H15BrO. The fourth-order valence-corrected chi connectivity index (χ4v) is 1.66. The summed E-state index contributed by atoms with van der Waals surface area (Å²) < 4.78 is 6.77. The molecule has 13 heavy (non-hydrogen) atoms. The van der Waals surface area contributed by atoms with Gasteiger partial charge in [-0.15, -0.1) is 0 Å². The molecule has 0 radical (unpaired) electrons. The van der Waals surface area contributed by atoms with Crippen molar-refractivity contribution in [3.63, 3.8) is 0 Å². The lowest BCUT2D eigenvalue weighted by Gasteiger charge is -2.16. The normalized spacial score (nSPS) is 13.3. The first-order valence-electron chi connectivity index (χ1n) is 4.50. The van der Waals surface area contributed by atoms with E-state index < -0.39 is 0 Å². The molecular weight excluding hydrogens is 228 g/mol. The minimum absolute atomic E-state index is 0.164. The van der Waals surface area contributed by atoms with Gasteiger partial charge in [-0.3, -0.25) is 0 Å². The van der Waals surface area contributed by atoms with Crippen molar-refractivity contribution in [2.45, 2.75) is 33.0 Å². The van der Waals surface area contributed by atoms with E-state index >= 15 is 0 Å². The molecule has 0 spiro atoms. The molecule has 0 saturated heterocycles. The molecule has 1 unspecified atom stereocenters. The van der Waals surface area contributed by atoms with Crippen LogP contribution < -0.4 is 0 Å². The first-order valence-corrected chi connectivity index (χ1v) is 5.30. The third kappa shape index (κ3) is 3.49. The van der Waals surface area contributed by atoms with Crippen LogP contribution in [0.15, 0.2) is 28.7 Å². The molecule has 0 aliphatic carbocycles. The second kappa shape index (κ2) is 4.77. The van der Waals surface area contributed by atoms with Gasteiger partial charge in [-0.05, 0) is 38.5 Å². The number of ether oxygens (including phenoxy) is 1. The van der Waals surface area contributed by atoms with Gasteiger partial charge in [-0.1, -0.05) is 28.1 Å². The third-order valence-corrected chi connectivity index (χ3v) is 2.29. The smallest absolute Gasteiger partial charge is 0.0800 e. The number of hydrogen-bond acceptors (Lipinski definition) is 1. The van der Waals surface area contributed by atoms with Gasteiger partial charge in [-0.2, -0.15) is 0 Å². The van der Waals surface area contributed by atoms with Gasteiger partial charge in [0.15, 0.2) is 0 Å². The monoisotopic (exact) mass is 242 g/mol. The van der Waals surface area contributed by atoms with Crippen LogP contribution in [0.4, 0.5) is 0 Å². The SMILES string of the molecule is CC(C)OC(C)c1cccc(Br)c1. The summed E-state index contributed by atoms with van der Waals surface area (Å²) in [5.41, 5.74) is 1.21. The van der Waals surface area contributed by atoms with Gasteiger partial charge in [0, 0.05) is 4.47 Å². The second-order valence-electron chi connectivity index (χ2n) is 3.38. The molecule has 1 rings (SSSR count). The molecule has 0 amide bonds. The van der Waals surface area contributed by atoms with E-state index in [0.29, 0.717) is 0 Å². The summed E-state index contributed by atoms with van der Waals surface area (Å²) in [7, 11) is 0. The molecule has 0 aliphatic heterocycles. The first-order chi connectivity index (χ1) is 6.09. The van der Waals surface area contributed by atoms with E-state index in [1.54, 1.807) is 0 Å². The van der Waals surface area contributed by atoms with Crippen LogP contribution in [-0.2, 0) is 4.74 Å². The Morgan fingerprint density at radius 2 is 1.92 bits per heavy atom. The van der Waals surface area contributed by atoms with Crippen molar-refractivity contribution in [3.8, 4) is 0 Å². The van der Waals surface area contributed by atoms with E-state index in [2.05, 4.69) is 48.8 Å². The molecule has 0 saturated carbocycles. The summed E-state index contributed by atoms with van der Waals surface area (Å²) in [6.07, 6.45) is 0.437. The topological polar surface area (TPSA) is 9.23 Å². The van der Waals surface area contributed by atoms with Crippen LogP contribution >= 0.6 is 15.9 Å². The predicted octanol–water partition coefficient (Wildman–Crippen LogP) is 3.94. The van der Waals surface area contributed by atoms with E-state index in [-0.39, 0.29) is 12.2 Å². The zero-order chi connectivity index (χ0) is 9.84. The minimum atomic E-state index is 0.164. The van der Waals surface area contributed by atoms with Crippen LogP contribution in [0.5, 0.6) is 0 Å². The average Bonchev–Trinajstić information content (AvgIpc) is 2.03. The first kappa shape index (κ1) is 10.7.